The molecule has 0 aliphatic heterocycles. The van der Waals surface area contributed by atoms with Gasteiger partial charge < -0.3 is 9.30 Å². The lowest BCUT2D eigenvalue weighted by atomic mass is 10.1. The van der Waals surface area contributed by atoms with E-state index < -0.39 is 17.6 Å². The molecule has 152 valence electrons. The first-order valence-corrected chi connectivity index (χ1v) is 8.93. The molecule has 30 heavy (non-hydrogen) atoms. The molecule has 0 unspecified atom stereocenters. The standard InChI is InChI=1S/C22H15F4N3O/c1-29-20(16-6-2-4-8-18(16)22(24,25)26)27-28-21(29)17-7-3-5-9-19(17)30-15-12-10-14(23)11-13-15/h2-13H,1H3. The quantitative estimate of drug-likeness (QED) is 0.380. The Hall–Kier alpha value is -3.68. The van der Waals surface area contributed by atoms with Gasteiger partial charge in [0.2, 0.25) is 0 Å². The van der Waals surface area contributed by atoms with Crippen molar-refractivity contribution < 1.29 is 22.3 Å². The van der Waals surface area contributed by atoms with E-state index in [9.17, 15) is 17.6 Å². The van der Waals surface area contributed by atoms with Gasteiger partial charge in [-0.2, -0.15) is 13.2 Å². The lowest BCUT2D eigenvalue weighted by Gasteiger charge is -2.13. The van der Waals surface area contributed by atoms with Crippen molar-refractivity contribution in [1.82, 2.24) is 14.8 Å². The summed E-state index contributed by atoms with van der Waals surface area (Å²) in [5.74, 6) is 0.843. The van der Waals surface area contributed by atoms with E-state index in [0.717, 1.165) is 6.07 Å². The third-order valence-electron chi connectivity index (χ3n) is 4.52. The summed E-state index contributed by atoms with van der Waals surface area (Å²) in [6, 6.07) is 17.6. The molecule has 0 saturated heterocycles. The highest BCUT2D eigenvalue weighted by molar-refractivity contribution is 5.69. The normalized spacial score (nSPS) is 11.5. The molecular weight excluding hydrogens is 398 g/mol. The summed E-state index contributed by atoms with van der Waals surface area (Å²) in [4.78, 5) is 0. The Balaban J connectivity index is 1.77. The largest absolute Gasteiger partial charge is 0.457 e. The van der Waals surface area contributed by atoms with Crippen molar-refractivity contribution in [1.29, 1.82) is 0 Å². The van der Waals surface area contributed by atoms with Crippen molar-refractivity contribution in [2.75, 3.05) is 0 Å². The van der Waals surface area contributed by atoms with Gasteiger partial charge in [0, 0.05) is 12.6 Å². The van der Waals surface area contributed by atoms with Crippen molar-refractivity contribution in [3.8, 4) is 34.3 Å². The molecule has 0 spiro atoms. The SMILES string of the molecule is Cn1c(-c2ccccc2Oc2ccc(F)cc2)nnc1-c1ccccc1C(F)(F)F. The summed E-state index contributed by atoms with van der Waals surface area (Å²) in [7, 11) is 1.59. The molecule has 0 atom stereocenters. The molecule has 0 N–H and O–H groups in total. The summed E-state index contributed by atoms with van der Waals surface area (Å²) in [5, 5.41) is 8.11. The molecule has 0 radical (unpaired) electrons. The van der Waals surface area contributed by atoms with Crippen molar-refractivity contribution >= 4 is 0 Å². The molecule has 0 fully saturated rings. The molecule has 8 heteroatoms. The van der Waals surface area contributed by atoms with Gasteiger partial charge in [0.05, 0.1) is 11.1 Å². The van der Waals surface area contributed by atoms with Gasteiger partial charge in [0.15, 0.2) is 11.6 Å². The Morgan fingerprint density at radius 2 is 1.33 bits per heavy atom. The number of hydrogen-bond donors (Lipinski definition) is 0. The van der Waals surface area contributed by atoms with Gasteiger partial charge in [-0.1, -0.05) is 30.3 Å². The van der Waals surface area contributed by atoms with Crippen LogP contribution in [0, 0.1) is 5.82 Å². The topological polar surface area (TPSA) is 39.9 Å². The van der Waals surface area contributed by atoms with Gasteiger partial charge >= 0.3 is 6.18 Å². The Morgan fingerprint density at radius 1 is 0.767 bits per heavy atom. The smallest absolute Gasteiger partial charge is 0.417 e. The Bertz CT molecular complexity index is 1180. The minimum absolute atomic E-state index is 0.0665. The van der Waals surface area contributed by atoms with Crippen LogP contribution in [0.2, 0.25) is 0 Å². The van der Waals surface area contributed by atoms with E-state index in [4.69, 9.17) is 4.74 Å². The van der Waals surface area contributed by atoms with Crippen LogP contribution in [0.5, 0.6) is 11.5 Å². The average Bonchev–Trinajstić information content (AvgIpc) is 3.10. The van der Waals surface area contributed by atoms with Crippen LogP contribution in [0.25, 0.3) is 22.8 Å². The molecule has 0 amide bonds. The number of nitrogens with zero attached hydrogens (tertiary/aromatic N) is 3. The van der Waals surface area contributed by atoms with Crippen molar-refractivity contribution in [3.63, 3.8) is 0 Å². The summed E-state index contributed by atoms with van der Waals surface area (Å²) >= 11 is 0. The van der Waals surface area contributed by atoms with Crippen LogP contribution in [0.1, 0.15) is 5.56 Å². The predicted octanol–water partition coefficient (Wildman–Crippen LogP) is 6.10. The van der Waals surface area contributed by atoms with Crippen LogP contribution in [0.15, 0.2) is 72.8 Å². The number of rotatable bonds is 4. The van der Waals surface area contributed by atoms with Gasteiger partial charge in [0.25, 0.3) is 0 Å². The number of halogens is 4. The Labute approximate surface area is 169 Å². The van der Waals surface area contributed by atoms with E-state index in [2.05, 4.69) is 10.2 Å². The van der Waals surface area contributed by atoms with Crippen LogP contribution in [0.3, 0.4) is 0 Å². The number of alkyl halides is 3. The monoisotopic (exact) mass is 413 g/mol. The van der Waals surface area contributed by atoms with Crippen LogP contribution in [-0.4, -0.2) is 14.8 Å². The zero-order valence-corrected chi connectivity index (χ0v) is 15.7. The van der Waals surface area contributed by atoms with Crippen LogP contribution in [0.4, 0.5) is 17.6 Å². The zero-order chi connectivity index (χ0) is 21.3. The van der Waals surface area contributed by atoms with Gasteiger partial charge in [-0.15, -0.1) is 10.2 Å². The number of aromatic nitrogens is 3. The minimum atomic E-state index is -4.52. The number of benzene rings is 3. The third kappa shape index (κ3) is 3.76. The van der Waals surface area contributed by atoms with Crippen molar-refractivity contribution in [2.45, 2.75) is 6.18 Å². The Morgan fingerprint density at radius 3 is 2.00 bits per heavy atom. The first-order chi connectivity index (χ1) is 14.3. The maximum absolute atomic E-state index is 13.4. The van der Waals surface area contributed by atoms with Gasteiger partial charge in [-0.25, -0.2) is 4.39 Å². The fourth-order valence-corrected chi connectivity index (χ4v) is 3.09. The molecule has 0 aliphatic carbocycles. The molecule has 1 aromatic heterocycles. The van der Waals surface area contributed by atoms with E-state index in [1.54, 1.807) is 31.3 Å². The summed E-state index contributed by atoms with van der Waals surface area (Å²) < 4.78 is 60.7. The van der Waals surface area contributed by atoms with E-state index in [1.165, 1.54) is 47.0 Å². The molecule has 4 aromatic rings. The number of hydrogen-bond acceptors (Lipinski definition) is 3. The average molecular weight is 413 g/mol. The Kier molecular flexibility index (Phi) is 4.99. The number of ether oxygens (including phenoxy) is 1. The highest BCUT2D eigenvalue weighted by atomic mass is 19.4. The molecule has 1 heterocycles. The van der Waals surface area contributed by atoms with Crippen LogP contribution >= 0.6 is 0 Å². The lowest BCUT2D eigenvalue weighted by Crippen LogP contribution is -2.08. The second kappa shape index (κ2) is 7.62. The molecule has 4 nitrogen and oxygen atoms in total. The summed E-state index contributed by atoms with van der Waals surface area (Å²) in [5.41, 5.74) is -0.321. The molecule has 4 rings (SSSR count). The van der Waals surface area contributed by atoms with E-state index in [0.29, 0.717) is 22.9 Å². The zero-order valence-electron chi connectivity index (χ0n) is 15.7. The van der Waals surface area contributed by atoms with Gasteiger partial charge in [-0.3, -0.25) is 0 Å². The number of para-hydroxylation sites is 1. The van der Waals surface area contributed by atoms with E-state index in [-0.39, 0.29) is 11.4 Å². The fraction of sp³-hybridized carbons (Fsp3) is 0.0909. The first kappa shape index (κ1) is 19.6. The lowest BCUT2D eigenvalue weighted by molar-refractivity contribution is -0.137. The highest BCUT2D eigenvalue weighted by Gasteiger charge is 2.34. The predicted molar refractivity (Wildman–Crippen MR) is 103 cm³/mol. The molecule has 0 bridgehead atoms. The van der Waals surface area contributed by atoms with E-state index >= 15 is 0 Å². The fourth-order valence-electron chi connectivity index (χ4n) is 3.09. The first-order valence-electron chi connectivity index (χ1n) is 8.93. The third-order valence-corrected chi connectivity index (χ3v) is 4.52. The molecular formula is C22H15F4N3O. The van der Waals surface area contributed by atoms with E-state index in [1.807, 2.05) is 0 Å². The minimum Gasteiger partial charge on any atom is -0.457 e. The van der Waals surface area contributed by atoms with Crippen molar-refractivity contribution in [3.05, 3.63) is 84.2 Å². The molecule has 0 aliphatic rings. The maximum atomic E-state index is 13.4. The maximum Gasteiger partial charge on any atom is 0.417 e. The highest BCUT2D eigenvalue weighted by Crippen LogP contribution is 2.38. The van der Waals surface area contributed by atoms with Gasteiger partial charge in [-0.05, 0) is 42.5 Å². The summed E-state index contributed by atoms with van der Waals surface area (Å²) in [6.07, 6.45) is -4.52. The van der Waals surface area contributed by atoms with Crippen LogP contribution < -0.4 is 4.74 Å². The van der Waals surface area contributed by atoms with Crippen molar-refractivity contribution in [2.24, 2.45) is 7.05 Å². The second-order valence-electron chi connectivity index (χ2n) is 6.50. The molecule has 3 aromatic carbocycles. The van der Waals surface area contributed by atoms with Gasteiger partial charge in [0.1, 0.15) is 17.3 Å². The van der Waals surface area contributed by atoms with Crippen LogP contribution in [-0.2, 0) is 13.2 Å². The molecule has 0 saturated carbocycles. The summed E-state index contributed by atoms with van der Waals surface area (Å²) in [6.45, 7) is 0. The second-order valence-corrected chi connectivity index (χ2v) is 6.50.